The van der Waals surface area contributed by atoms with Gasteiger partial charge in [-0.3, -0.25) is 9.69 Å². The lowest BCUT2D eigenvalue weighted by Gasteiger charge is -2.25. The lowest BCUT2D eigenvalue weighted by Crippen LogP contribution is -2.38. The summed E-state index contributed by atoms with van der Waals surface area (Å²) in [6, 6.07) is 12.2. The normalized spacial score (nSPS) is 18.3. The van der Waals surface area contributed by atoms with E-state index in [0.717, 1.165) is 31.8 Å². The second-order valence-electron chi connectivity index (χ2n) is 7.13. The Bertz CT molecular complexity index is 736. The number of amides is 1. The van der Waals surface area contributed by atoms with Crippen molar-refractivity contribution in [3.05, 3.63) is 54.0 Å². The van der Waals surface area contributed by atoms with E-state index in [9.17, 15) is 4.79 Å². The fourth-order valence-corrected chi connectivity index (χ4v) is 3.51. The highest BCUT2D eigenvalue weighted by Gasteiger charge is 2.31. The Morgan fingerprint density at radius 2 is 2.12 bits per heavy atom. The van der Waals surface area contributed by atoms with Crippen LogP contribution >= 0.6 is 0 Å². The molecule has 1 aromatic carbocycles. The van der Waals surface area contributed by atoms with Gasteiger partial charge < -0.3 is 10.6 Å². The first kappa shape index (κ1) is 18.3. The average Bonchev–Trinajstić information content (AvgIpc) is 3.12. The molecule has 6 heteroatoms. The predicted molar refractivity (Wildman–Crippen MR) is 102 cm³/mol. The van der Waals surface area contributed by atoms with Crippen LogP contribution in [0.5, 0.6) is 0 Å². The van der Waals surface area contributed by atoms with E-state index in [4.69, 9.17) is 5.73 Å². The summed E-state index contributed by atoms with van der Waals surface area (Å²) in [7, 11) is 2.05. The zero-order chi connectivity index (χ0) is 18.5. The maximum atomic E-state index is 12.8. The standard InChI is InChI=1S/C20H27N5O/c1-15(12-16-6-4-3-5-7-16)20(26)25-11-9-17(13-25)24(2)14-19-22-10-8-18(21)23-19/h3-8,10,15,17H,9,11-14H2,1-2H3,(H2,21,22,23)/t15-,17+/m0/s1. The van der Waals surface area contributed by atoms with Crippen LogP contribution in [-0.2, 0) is 17.8 Å². The molecule has 0 saturated carbocycles. The van der Waals surface area contributed by atoms with Gasteiger partial charge in [-0.15, -0.1) is 0 Å². The second-order valence-corrected chi connectivity index (χ2v) is 7.13. The van der Waals surface area contributed by atoms with Crippen LogP contribution in [-0.4, -0.2) is 51.9 Å². The smallest absolute Gasteiger partial charge is 0.225 e. The molecule has 26 heavy (non-hydrogen) atoms. The zero-order valence-corrected chi connectivity index (χ0v) is 15.5. The zero-order valence-electron chi connectivity index (χ0n) is 15.5. The third kappa shape index (κ3) is 4.58. The highest BCUT2D eigenvalue weighted by molar-refractivity contribution is 5.79. The summed E-state index contributed by atoms with van der Waals surface area (Å²) in [5.41, 5.74) is 6.93. The Labute approximate surface area is 155 Å². The van der Waals surface area contributed by atoms with Gasteiger partial charge in [0, 0.05) is 31.2 Å². The molecule has 2 N–H and O–H groups in total. The summed E-state index contributed by atoms with van der Waals surface area (Å²) in [6.45, 7) is 4.23. The fraction of sp³-hybridized carbons (Fsp3) is 0.450. The van der Waals surface area contributed by atoms with Crippen LogP contribution in [0.2, 0.25) is 0 Å². The molecule has 1 aromatic heterocycles. The first-order valence-corrected chi connectivity index (χ1v) is 9.13. The van der Waals surface area contributed by atoms with Gasteiger partial charge in [-0.05, 0) is 31.5 Å². The van der Waals surface area contributed by atoms with E-state index >= 15 is 0 Å². The monoisotopic (exact) mass is 353 g/mol. The van der Waals surface area contributed by atoms with E-state index in [1.807, 2.05) is 30.0 Å². The molecule has 1 saturated heterocycles. The minimum Gasteiger partial charge on any atom is -0.384 e. The van der Waals surface area contributed by atoms with Crippen LogP contribution in [0, 0.1) is 5.92 Å². The largest absolute Gasteiger partial charge is 0.384 e. The van der Waals surface area contributed by atoms with E-state index in [0.29, 0.717) is 18.4 Å². The SMILES string of the molecule is C[C@@H](Cc1ccccc1)C(=O)N1CC[C@@H](N(C)Cc2nccc(N)n2)C1. The third-order valence-corrected chi connectivity index (χ3v) is 5.02. The minimum atomic E-state index is -0.00119. The molecule has 0 unspecified atom stereocenters. The summed E-state index contributed by atoms with van der Waals surface area (Å²) in [6.07, 6.45) is 3.44. The van der Waals surface area contributed by atoms with E-state index < -0.39 is 0 Å². The van der Waals surface area contributed by atoms with E-state index in [2.05, 4.69) is 34.0 Å². The predicted octanol–water partition coefficient (Wildman–Crippen LogP) is 1.97. The molecule has 3 rings (SSSR count). The Kier molecular flexibility index (Phi) is 5.83. The van der Waals surface area contributed by atoms with Gasteiger partial charge in [0.15, 0.2) is 0 Å². The number of likely N-dealkylation sites (tertiary alicyclic amines) is 1. The van der Waals surface area contributed by atoms with Gasteiger partial charge in [0.2, 0.25) is 5.91 Å². The van der Waals surface area contributed by atoms with Crippen molar-refractivity contribution in [2.75, 3.05) is 25.9 Å². The highest BCUT2D eigenvalue weighted by atomic mass is 16.2. The first-order valence-electron chi connectivity index (χ1n) is 9.13. The first-order chi connectivity index (χ1) is 12.5. The summed E-state index contributed by atoms with van der Waals surface area (Å²) < 4.78 is 0. The van der Waals surface area contributed by atoms with Crippen LogP contribution in [0.1, 0.15) is 24.7 Å². The van der Waals surface area contributed by atoms with Gasteiger partial charge in [0.05, 0.1) is 6.54 Å². The number of carbonyl (C=O) groups is 1. The number of aromatic nitrogens is 2. The average molecular weight is 353 g/mol. The minimum absolute atomic E-state index is 0.00119. The summed E-state index contributed by atoms with van der Waals surface area (Å²) >= 11 is 0. The van der Waals surface area contributed by atoms with Gasteiger partial charge >= 0.3 is 0 Å². The second kappa shape index (κ2) is 8.27. The van der Waals surface area contributed by atoms with Crippen molar-refractivity contribution in [2.45, 2.75) is 32.4 Å². The molecule has 1 amide bonds. The Hall–Kier alpha value is -2.47. The fourth-order valence-electron chi connectivity index (χ4n) is 3.51. The van der Waals surface area contributed by atoms with Crippen LogP contribution in [0.3, 0.4) is 0 Å². The number of nitrogens with zero attached hydrogens (tertiary/aromatic N) is 4. The van der Waals surface area contributed by atoms with Gasteiger partial charge in [-0.1, -0.05) is 37.3 Å². The molecule has 1 aliphatic rings. The van der Waals surface area contributed by atoms with Crippen molar-refractivity contribution in [3.8, 4) is 0 Å². The van der Waals surface area contributed by atoms with Crippen molar-refractivity contribution in [3.63, 3.8) is 0 Å². The van der Waals surface area contributed by atoms with E-state index in [1.54, 1.807) is 12.3 Å². The molecule has 6 nitrogen and oxygen atoms in total. The highest BCUT2D eigenvalue weighted by Crippen LogP contribution is 2.20. The maximum Gasteiger partial charge on any atom is 0.225 e. The van der Waals surface area contributed by atoms with Crippen molar-refractivity contribution < 1.29 is 4.79 Å². The number of nitrogen functional groups attached to an aromatic ring is 1. The molecule has 2 heterocycles. The van der Waals surface area contributed by atoms with Crippen LogP contribution < -0.4 is 5.73 Å². The number of hydrogen-bond donors (Lipinski definition) is 1. The Balaban J connectivity index is 1.53. The summed E-state index contributed by atoms with van der Waals surface area (Å²) in [5.74, 6) is 1.44. The van der Waals surface area contributed by atoms with Crippen LogP contribution in [0.4, 0.5) is 5.82 Å². The molecule has 1 fully saturated rings. The summed E-state index contributed by atoms with van der Waals surface area (Å²) in [4.78, 5) is 25.5. The van der Waals surface area contributed by atoms with Crippen molar-refractivity contribution in [2.24, 2.45) is 5.92 Å². The molecular formula is C20H27N5O. The van der Waals surface area contributed by atoms with Crippen molar-refractivity contribution >= 4 is 11.7 Å². The number of carbonyl (C=O) groups excluding carboxylic acids is 1. The van der Waals surface area contributed by atoms with E-state index in [-0.39, 0.29) is 11.8 Å². The van der Waals surface area contributed by atoms with E-state index in [1.165, 1.54) is 5.56 Å². The number of nitrogens with two attached hydrogens (primary N) is 1. The molecule has 138 valence electrons. The number of benzene rings is 1. The maximum absolute atomic E-state index is 12.8. The number of anilines is 1. The molecular weight excluding hydrogens is 326 g/mol. The van der Waals surface area contributed by atoms with Crippen LogP contribution in [0.15, 0.2) is 42.6 Å². The number of likely N-dealkylation sites (N-methyl/N-ethyl adjacent to an activating group) is 1. The van der Waals surface area contributed by atoms with Crippen molar-refractivity contribution in [1.29, 1.82) is 0 Å². The molecule has 2 atom stereocenters. The molecule has 0 bridgehead atoms. The third-order valence-electron chi connectivity index (χ3n) is 5.02. The van der Waals surface area contributed by atoms with Gasteiger partial charge in [0.1, 0.15) is 11.6 Å². The molecule has 2 aromatic rings. The van der Waals surface area contributed by atoms with Crippen molar-refractivity contribution in [1.82, 2.24) is 19.8 Å². The molecule has 0 radical (unpaired) electrons. The lowest BCUT2D eigenvalue weighted by atomic mass is 10.00. The molecule has 0 aliphatic carbocycles. The quantitative estimate of drug-likeness (QED) is 0.859. The van der Waals surface area contributed by atoms with Gasteiger partial charge in [0.25, 0.3) is 0 Å². The van der Waals surface area contributed by atoms with Crippen LogP contribution in [0.25, 0.3) is 0 Å². The number of hydrogen-bond acceptors (Lipinski definition) is 5. The number of rotatable bonds is 6. The molecule has 1 aliphatic heterocycles. The Morgan fingerprint density at radius 3 is 2.85 bits per heavy atom. The molecule has 0 spiro atoms. The topological polar surface area (TPSA) is 75.4 Å². The lowest BCUT2D eigenvalue weighted by molar-refractivity contribution is -0.134. The van der Waals surface area contributed by atoms with Gasteiger partial charge in [-0.25, -0.2) is 9.97 Å². The summed E-state index contributed by atoms with van der Waals surface area (Å²) in [5, 5.41) is 0. The van der Waals surface area contributed by atoms with Gasteiger partial charge in [-0.2, -0.15) is 0 Å². The Morgan fingerprint density at radius 1 is 1.35 bits per heavy atom.